The molecule has 0 spiro atoms. The zero-order valence-electron chi connectivity index (χ0n) is 23.9. The highest BCUT2D eigenvalue weighted by atomic mass is 32.2. The van der Waals surface area contributed by atoms with Gasteiger partial charge in [-0.25, -0.2) is 9.59 Å². The molecule has 2 heterocycles. The molecule has 38 heavy (non-hydrogen) atoms. The number of fused-ring (bicyclic) bond motifs is 1. The van der Waals surface area contributed by atoms with Crippen LogP contribution >= 0.6 is 11.8 Å². The fourth-order valence-corrected chi connectivity index (χ4v) is 5.41. The molecule has 210 valence electrons. The van der Waals surface area contributed by atoms with E-state index in [1.165, 1.54) is 16.3 Å². The number of carbonyl (C=O) groups excluding carboxylic acids is 3. The van der Waals surface area contributed by atoms with Crippen LogP contribution in [0.1, 0.15) is 54.0 Å². The van der Waals surface area contributed by atoms with Crippen LogP contribution in [0, 0.1) is 11.8 Å². The van der Waals surface area contributed by atoms with Gasteiger partial charge in [-0.05, 0) is 58.8 Å². The standard InChI is InChI=1S/C28H41N3O6S/c1-17(2)24(35-23(32)22-28(38-22,18(3)4)29-25(33)37-27(5,6)7)36-26(34)31-16-19(14-15-30(8)9)20-12-10-11-13-21(20)31/h10-13,16-18,22,24H,14-15H2,1-9H3,(H,29,33). The lowest BCUT2D eigenvalue weighted by molar-refractivity contribution is -0.174. The number of likely N-dealkylation sites (N-methyl/N-ethyl adjacent to an activating group) is 1. The number of carbonyl (C=O) groups is 3. The summed E-state index contributed by atoms with van der Waals surface area (Å²) in [5, 5.41) is 3.19. The molecule has 1 saturated heterocycles. The maximum atomic E-state index is 13.3. The number of benzene rings is 1. The molecule has 9 nitrogen and oxygen atoms in total. The molecule has 0 bridgehead atoms. The maximum Gasteiger partial charge on any atom is 0.421 e. The average molecular weight is 548 g/mol. The molecule has 1 aromatic heterocycles. The number of ether oxygens (including phenoxy) is 3. The van der Waals surface area contributed by atoms with Crippen LogP contribution in [-0.4, -0.2) is 70.3 Å². The molecule has 3 atom stereocenters. The third-order valence-electron chi connectivity index (χ3n) is 6.23. The molecule has 1 N–H and O–H groups in total. The van der Waals surface area contributed by atoms with Gasteiger partial charge in [0.15, 0.2) is 0 Å². The van der Waals surface area contributed by atoms with Crippen molar-refractivity contribution >= 4 is 40.8 Å². The van der Waals surface area contributed by atoms with Gasteiger partial charge in [0, 0.05) is 24.0 Å². The summed E-state index contributed by atoms with van der Waals surface area (Å²) in [6.45, 7) is 13.6. The fraction of sp³-hybridized carbons (Fsp3) is 0.607. The van der Waals surface area contributed by atoms with E-state index in [0.717, 1.165) is 29.4 Å². The third-order valence-corrected chi connectivity index (χ3v) is 7.97. The van der Waals surface area contributed by atoms with Crippen LogP contribution < -0.4 is 5.32 Å². The predicted molar refractivity (Wildman–Crippen MR) is 149 cm³/mol. The Kier molecular flexibility index (Phi) is 9.08. The normalized spacial score (nSPS) is 20.1. The first-order valence-corrected chi connectivity index (χ1v) is 13.9. The lowest BCUT2D eigenvalue weighted by Crippen LogP contribution is -2.47. The second-order valence-corrected chi connectivity index (χ2v) is 13.0. The largest absolute Gasteiger partial charge is 0.444 e. The fourth-order valence-electron chi connectivity index (χ4n) is 4.10. The van der Waals surface area contributed by atoms with Crippen LogP contribution in [0.5, 0.6) is 0 Å². The number of hydrogen-bond acceptors (Lipinski definition) is 8. The second-order valence-electron chi connectivity index (χ2n) is 11.6. The molecule has 1 amide bonds. The van der Waals surface area contributed by atoms with Crippen LogP contribution in [0.3, 0.4) is 0 Å². The van der Waals surface area contributed by atoms with E-state index >= 15 is 0 Å². The summed E-state index contributed by atoms with van der Waals surface area (Å²) in [4.78, 5) is 40.1. The number of hydrogen-bond donors (Lipinski definition) is 1. The van der Waals surface area contributed by atoms with Gasteiger partial charge in [-0.2, -0.15) is 0 Å². The van der Waals surface area contributed by atoms with Crippen LogP contribution in [0.4, 0.5) is 9.59 Å². The van der Waals surface area contributed by atoms with Gasteiger partial charge in [0.25, 0.3) is 6.29 Å². The maximum absolute atomic E-state index is 13.3. The molecule has 0 saturated carbocycles. The number of nitrogens with zero attached hydrogens (tertiary/aromatic N) is 2. The van der Waals surface area contributed by atoms with E-state index < -0.39 is 40.2 Å². The van der Waals surface area contributed by atoms with Crippen molar-refractivity contribution < 1.29 is 28.6 Å². The lowest BCUT2D eigenvalue weighted by Gasteiger charge is -2.26. The molecular weight excluding hydrogens is 506 g/mol. The molecule has 0 radical (unpaired) electrons. The Labute approximate surface area is 229 Å². The average Bonchev–Trinajstić information content (AvgIpc) is 3.41. The molecule has 1 fully saturated rings. The van der Waals surface area contributed by atoms with Gasteiger partial charge in [-0.1, -0.05) is 45.9 Å². The second kappa shape index (κ2) is 11.6. The first kappa shape index (κ1) is 29.8. The molecule has 3 unspecified atom stereocenters. The number of thioether (sulfide) groups is 1. The molecule has 3 rings (SSSR count). The smallest absolute Gasteiger partial charge is 0.421 e. The molecule has 1 aliphatic rings. The SMILES string of the molecule is CC(C)C(OC(=O)C1SC1(NC(=O)OC(C)(C)C)C(C)C)OC(=O)n1cc(CCN(C)C)c2ccccc21. The Bertz CT molecular complexity index is 1170. The van der Waals surface area contributed by atoms with Gasteiger partial charge >= 0.3 is 18.2 Å². The summed E-state index contributed by atoms with van der Waals surface area (Å²) in [5.41, 5.74) is 1.11. The molecule has 1 aromatic carbocycles. The number of esters is 1. The monoisotopic (exact) mass is 547 g/mol. The molecule has 2 aromatic rings. The van der Waals surface area contributed by atoms with E-state index in [1.807, 2.05) is 66.1 Å². The van der Waals surface area contributed by atoms with Crippen molar-refractivity contribution in [3.63, 3.8) is 0 Å². The summed E-state index contributed by atoms with van der Waals surface area (Å²) in [7, 11) is 4.01. The highest BCUT2D eigenvalue weighted by Crippen LogP contribution is 2.57. The Morgan fingerprint density at radius 2 is 1.76 bits per heavy atom. The Morgan fingerprint density at radius 1 is 1.11 bits per heavy atom. The van der Waals surface area contributed by atoms with Gasteiger partial charge in [0.05, 0.1) is 5.52 Å². The van der Waals surface area contributed by atoms with E-state index in [1.54, 1.807) is 27.0 Å². The zero-order chi connectivity index (χ0) is 28.4. The van der Waals surface area contributed by atoms with Crippen LogP contribution in [0.15, 0.2) is 30.5 Å². The summed E-state index contributed by atoms with van der Waals surface area (Å²) in [5.74, 6) is -0.895. The van der Waals surface area contributed by atoms with E-state index in [0.29, 0.717) is 0 Å². The Balaban J connectivity index is 1.73. The number of aromatic nitrogens is 1. The summed E-state index contributed by atoms with van der Waals surface area (Å²) in [6.07, 6.45) is 0.270. The first-order chi connectivity index (χ1) is 17.6. The van der Waals surface area contributed by atoms with Crippen LogP contribution in [-0.2, 0) is 25.4 Å². The molecule has 0 aliphatic carbocycles. The van der Waals surface area contributed by atoms with E-state index in [2.05, 4.69) is 10.2 Å². The minimum Gasteiger partial charge on any atom is -0.444 e. The molecule has 1 aliphatic heterocycles. The number of nitrogens with one attached hydrogen (secondary N) is 1. The van der Waals surface area contributed by atoms with Gasteiger partial charge in [0.1, 0.15) is 15.7 Å². The zero-order valence-corrected chi connectivity index (χ0v) is 24.7. The van der Waals surface area contributed by atoms with Crippen molar-refractivity contribution in [3.8, 4) is 0 Å². The summed E-state index contributed by atoms with van der Waals surface area (Å²) in [6, 6.07) is 7.66. The van der Waals surface area contributed by atoms with Gasteiger partial charge in [0.2, 0.25) is 0 Å². The number of amides is 1. The number of rotatable bonds is 9. The van der Waals surface area contributed by atoms with Gasteiger partial charge in [-0.15, -0.1) is 11.8 Å². The lowest BCUT2D eigenvalue weighted by atomic mass is 10.0. The Hall–Kier alpha value is -2.72. The van der Waals surface area contributed by atoms with Crippen molar-refractivity contribution in [2.75, 3.05) is 20.6 Å². The van der Waals surface area contributed by atoms with Crippen LogP contribution in [0.2, 0.25) is 0 Å². The van der Waals surface area contributed by atoms with Crippen molar-refractivity contribution in [2.45, 2.75) is 76.9 Å². The third kappa shape index (κ3) is 7.02. The van der Waals surface area contributed by atoms with Crippen molar-refractivity contribution in [3.05, 3.63) is 36.0 Å². The number of alkyl carbamates (subject to hydrolysis) is 1. The highest BCUT2D eigenvalue weighted by molar-refractivity contribution is 8.09. The first-order valence-electron chi connectivity index (χ1n) is 13.0. The minimum absolute atomic E-state index is 0.0653. The molecule has 10 heteroatoms. The summed E-state index contributed by atoms with van der Waals surface area (Å²) >= 11 is 1.30. The Morgan fingerprint density at radius 3 is 2.34 bits per heavy atom. The topological polar surface area (TPSA) is 99.1 Å². The van der Waals surface area contributed by atoms with E-state index in [9.17, 15) is 14.4 Å². The van der Waals surface area contributed by atoms with Gasteiger partial charge < -0.3 is 24.4 Å². The van der Waals surface area contributed by atoms with Crippen molar-refractivity contribution in [1.29, 1.82) is 0 Å². The number of para-hydroxylation sites is 1. The minimum atomic E-state index is -1.09. The van der Waals surface area contributed by atoms with E-state index in [-0.39, 0.29) is 11.8 Å². The molecular formula is C28H41N3O6S. The van der Waals surface area contributed by atoms with Crippen molar-refractivity contribution in [2.24, 2.45) is 11.8 Å². The van der Waals surface area contributed by atoms with E-state index in [4.69, 9.17) is 14.2 Å². The predicted octanol–water partition coefficient (Wildman–Crippen LogP) is 5.25. The van der Waals surface area contributed by atoms with Crippen molar-refractivity contribution in [1.82, 2.24) is 14.8 Å². The van der Waals surface area contributed by atoms with Gasteiger partial charge in [-0.3, -0.25) is 9.36 Å². The highest BCUT2D eigenvalue weighted by Gasteiger charge is 2.64. The van der Waals surface area contributed by atoms with Crippen LogP contribution in [0.25, 0.3) is 10.9 Å². The quantitative estimate of drug-likeness (QED) is 0.258. The summed E-state index contributed by atoms with van der Waals surface area (Å²) < 4.78 is 18.3.